The van der Waals surface area contributed by atoms with Crippen LogP contribution in [-0.4, -0.2) is 27.9 Å². The highest BCUT2D eigenvalue weighted by molar-refractivity contribution is 5.53. The molecule has 100 valence electrons. The summed E-state index contributed by atoms with van der Waals surface area (Å²) in [5.41, 5.74) is 1.95. The first-order chi connectivity index (χ1) is 8.62. The molecule has 1 rings (SSSR count). The summed E-state index contributed by atoms with van der Waals surface area (Å²) in [6, 6.07) is 3.75. The van der Waals surface area contributed by atoms with Crippen molar-refractivity contribution in [3.63, 3.8) is 0 Å². The minimum absolute atomic E-state index is 0.476. The third-order valence-corrected chi connectivity index (χ3v) is 2.34. The fraction of sp³-hybridized carbons (Fsp3) is 0.429. The second-order valence-corrected chi connectivity index (χ2v) is 3.98. The molecule has 0 aliphatic heterocycles. The average molecular weight is 252 g/mol. The SMILES string of the molecule is C=C(C)COCc1cc(OC)c(OC)c(OC)c1. The molecule has 0 N–H and O–H groups in total. The maximum absolute atomic E-state index is 5.50. The fourth-order valence-electron chi connectivity index (χ4n) is 1.56. The van der Waals surface area contributed by atoms with Crippen LogP contribution in [0.2, 0.25) is 0 Å². The summed E-state index contributed by atoms with van der Waals surface area (Å²) in [4.78, 5) is 0. The molecule has 1 aromatic carbocycles. The van der Waals surface area contributed by atoms with E-state index in [0.717, 1.165) is 11.1 Å². The van der Waals surface area contributed by atoms with E-state index in [1.807, 2.05) is 19.1 Å². The zero-order valence-electron chi connectivity index (χ0n) is 11.4. The molecule has 0 unspecified atom stereocenters. The first-order valence-electron chi connectivity index (χ1n) is 5.63. The van der Waals surface area contributed by atoms with Gasteiger partial charge in [0.25, 0.3) is 0 Å². The Morgan fingerprint density at radius 1 is 1.06 bits per heavy atom. The Morgan fingerprint density at radius 2 is 1.61 bits per heavy atom. The molecule has 0 bridgehead atoms. The Balaban J connectivity index is 2.89. The van der Waals surface area contributed by atoms with Gasteiger partial charge in [0.15, 0.2) is 11.5 Å². The van der Waals surface area contributed by atoms with Crippen molar-refractivity contribution in [2.45, 2.75) is 13.5 Å². The molecule has 0 heterocycles. The third-order valence-electron chi connectivity index (χ3n) is 2.34. The van der Waals surface area contributed by atoms with Crippen molar-refractivity contribution in [3.8, 4) is 17.2 Å². The summed E-state index contributed by atoms with van der Waals surface area (Å²) < 4.78 is 21.3. The van der Waals surface area contributed by atoms with Gasteiger partial charge in [0, 0.05) is 0 Å². The highest BCUT2D eigenvalue weighted by Crippen LogP contribution is 2.38. The van der Waals surface area contributed by atoms with Gasteiger partial charge in [-0.15, -0.1) is 0 Å². The monoisotopic (exact) mass is 252 g/mol. The second kappa shape index (κ2) is 6.91. The first-order valence-corrected chi connectivity index (χ1v) is 5.63. The molecular formula is C14H20O4. The van der Waals surface area contributed by atoms with Crippen LogP contribution in [0.1, 0.15) is 12.5 Å². The maximum atomic E-state index is 5.50. The van der Waals surface area contributed by atoms with Gasteiger partial charge in [0.05, 0.1) is 34.5 Å². The van der Waals surface area contributed by atoms with Gasteiger partial charge < -0.3 is 18.9 Å². The Kier molecular flexibility index (Phi) is 5.52. The molecule has 0 atom stereocenters. The molecule has 1 aromatic rings. The van der Waals surface area contributed by atoms with Crippen LogP contribution in [0.25, 0.3) is 0 Å². The molecule has 0 aliphatic carbocycles. The van der Waals surface area contributed by atoms with Crippen molar-refractivity contribution in [3.05, 3.63) is 29.8 Å². The maximum Gasteiger partial charge on any atom is 0.203 e. The van der Waals surface area contributed by atoms with Gasteiger partial charge in [-0.2, -0.15) is 0 Å². The lowest BCUT2D eigenvalue weighted by Gasteiger charge is -2.14. The Hall–Kier alpha value is -1.68. The van der Waals surface area contributed by atoms with Gasteiger partial charge in [-0.3, -0.25) is 0 Å². The molecule has 0 aromatic heterocycles. The quantitative estimate of drug-likeness (QED) is 0.699. The van der Waals surface area contributed by atoms with Crippen molar-refractivity contribution in [1.82, 2.24) is 0 Å². The van der Waals surface area contributed by atoms with Gasteiger partial charge in [0.2, 0.25) is 5.75 Å². The predicted molar refractivity (Wildman–Crippen MR) is 70.6 cm³/mol. The van der Waals surface area contributed by atoms with E-state index >= 15 is 0 Å². The normalized spacial score (nSPS) is 10.0. The zero-order valence-corrected chi connectivity index (χ0v) is 11.4. The minimum Gasteiger partial charge on any atom is -0.493 e. The summed E-state index contributed by atoms with van der Waals surface area (Å²) in [7, 11) is 4.77. The van der Waals surface area contributed by atoms with Crippen molar-refractivity contribution < 1.29 is 18.9 Å². The summed E-state index contributed by atoms with van der Waals surface area (Å²) in [6.07, 6.45) is 0. The van der Waals surface area contributed by atoms with Crippen LogP contribution in [0.3, 0.4) is 0 Å². The van der Waals surface area contributed by atoms with Crippen LogP contribution in [-0.2, 0) is 11.3 Å². The lowest BCUT2D eigenvalue weighted by molar-refractivity contribution is 0.142. The predicted octanol–water partition coefficient (Wildman–Crippen LogP) is 2.81. The molecule has 0 saturated heterocycles. The van der Waals surface area contributed by atoms with E-state index in [2.05, 4.69) is 6.58 Å². The molecule has 0 saturated carbocycles. The van der Waals surface area contributed by atoms with Crippen LogP contribution < -0.4 is 14.2 Å². The van der Waals surface area contributed by atoms with Gasteiger partial charge in [-0.25, -0.2) is 0 Å². The molecule has 0 aliphatic rings. The third kappa shape index (κ3) is 3.67. The summed E-state index contributed by atoms with van der Waals surface area (Å²) in [6.45, 7) is 6.73. The van der Waals surface area contributed by atoms with Crippen molar-refractivity contribution >= 4 is 0 Å². The molecule has 0 amide bonds. The van der Waals surface area contributed by atoms with Crippen LogP contribution >= 0.6 is 0 Å². The highest BCUT2D eigenvalue weighted by Gasteiger charge is 2.12. The zero-order chi connectivity index (χ0) is 13.5. The van der Waals surface area contributed by atoms with Gasteiger partial charge >= 0.3 is 0 Å². The van der Waals surface area contributed by atoms with Gasteiger partial charge in [0.1, 0.15) is 0 Å². The number of hydrogen-bond donors (Lipinski definition) is 0. The number of ether oxygens (including phenoxy) is 4. The summed E-state index contributed by atoms with van der Waals surface area (Å²) in [5, 5.41) is 0. The molecule has 0 spiro atoms. The Morgan fingerprint density at radius 3 is 2.00 bits per heavy atom. The fourth-order valence-corrected chi connectivity index (χ4v) is 1.56. The highest BCUT2D eigenvalue weighted by atomic mass is 16.5. The van der Waals surface area contributed by atoms with Gasteiger partial charge in [-0.1, -0.05) is 12.2 Å². The minimum atomic E-state index is 0.476. The molecule has 0 fully saturated rings. The standard InChI is InChI=1S/C14H20O4/c1-10(2)8-18-9-11-6-12(15-3)14(17-5)13(7-11)16-4/h6-7H,1,8-9H2,2-5H3. The number of methoxy groups -OCH3 is 3. The Bertz CT molecular complexity index is 387. The van der Waals surface area contributed by atoms with E-state index in [4.69, 9.17) is 18.9 Å². The van der Waals surface area contributed by atoms with Crippen molar-refractivity contribution in [2.75, 3.05) is 27.9 Å². The lowest BCUT2D eigenvalue weighted by Crippen LogP contribution is -2.00. The van der Waals surface area contributed by atoms with Crippen LogP contribution in [0.5, 0.6) is 17.2 Å². The molecular weight excluding hydrogens is 232 g/mol. The van der Waals surface area contributed by atoms with E-state index in [1.165, 1.54) is 0 Å². The van der Waals surface area contributed by atoms with Crippen molar-refractivity contribution in [2.24, 2.45) is 0 Å². The van der Waals surface area contributed by atoms with E-state index in [-0.39, 0.29) is 0 Å². The second-order valence-electron chi connectivity index (χ2n) is 3.98. The lowest BCUT2D eigenvalue weighted by atomic mass is 10.2. The summed E-state index contributed by atoms with van der Waals surface area (Å²) >= 11 is 0. The van der Waals surface area contributed by atoms with E-state index in [0.29, 0.717) is 30.5 Å². The van der Waals surface area contributed by atoms with Crippen LogP contribution in [0.4, 0.5) is 0 Å². The van der Waals surface area contributed by atoms with Crippen LogP contribution in [0, 0.1) is 0 Å². The summed E-state index contributed by atoms with van der Waals surface area (Å²) in [5.74, 6) is 1.85. The van der Waals surface area contributed by atoms with Crippen LogP contribution in [0.15, 0.2) is 24.3 Å². The Labute approximate surface area is 108 Å². The average Bonchev–Trinajstić information content (AvgIpc) is 2.36. The van der Waals surface area contributed by atoms with E-state index in [1.54, 1.807) is 21.3 Å². The number of benzene rings is 1. The molecule has 0 radical (unpaired) electrons. The smallest absolute Gasteiger partial charge is 0.203 e. The number of rotatable bonds is 7. The first kappa shape index (κ1) is 14.4. The van der Waals surface area contributed by atoms with E-state index in [9.17, 15) is 0 Å². The van der Waals surface area contributed by atoms with E-state index < -0.39 is 0 Å². The topological polar surface area (TPSA) is 36.9 Å². The molecule has 4 heteroatoms. The van der Waals surface area contributed by atoms with Crippen molar-refractivity contribution in [1.29, 1.82) is 0 Å². The number of hydrogen-bond acceptors (Lipinski definition) is 4. The molecule has 4 nitrogen and oxygen atoms in total. The van der Waals surface area contributed by atoms with Gasteiger partial charge in [-0.05, 0) is 24.6 Å². The largest absolute Gasteiger partial charge is 0.493 e. The molecule has 18 heavy (non-hydrogen) atoms.